The first-order chi connectivity index (χ1) is 13.2. The van der Waals surface area contributed by atoms with E-state index in [2.05, 4.69) is 28.4 Å². The minimum Gasteiger partial charge on any atom is -0.351 e. The van der Waals surface area contributed by atoms with E-state index in [0.717, 1.165) is 22.9 Å². The number of halogens is 1. The molecule has 0 spiro atoms. The third-order valence-electron chi connectivity index (χ3n) is 4.89. The maximum atomic E-state index is 12.2. The molecule has 3 rings (SSSR count). The van der Waals surface area contributed by atoms with Crippen molar-refractivity contribution in [2.75, 3.05) is 18.8 Å². The summed E-state index contributed by atoms with van der Waals surface area (Å²) in [4.78, 5) is 14.7. The molecule has 1 fully saturated rings. The summed E-state index contributed by atoms with van der Waals surface area (Å²) in [6.45, 7) is 3.93. The number of likely N-dealkylation sites (tertiary alicyclic amines) is 1. The number of benzene rings is 2. The lowest BCUT2D eigenvalue weighted by atomic mass is 10.0. The Morgan fingerprint density at radius 1 is 0.963 bits per heavy atom. The predicted octanol–water partition coefficient (Wildman–Crippen LogP) is 4.88. The van der Waals surface area contributed by atoms with Gasteiger partial charge in [0.25, 0.3) is 0 Å². The van der Waals surface area contributed by atoms with Crippen molar-refractivity contribution in [3.8, 4) is 0 Å². The van der Waals surface area contributed by atoms with E-state index in [1.807, 2.05) is 30.3 Å². The van der Waals surface area contributed by atoms with Crippen LogP contribution in [-0.2, 0) is 23.6 Å². The molecule has 1 aliphatic rings. The van der Waals surface area contributed by atoms with Gasteiger partial charge in [-0.05, 0) is 48.7 Å². The Labute approximate surface area is 171 Å². The number of hydrogen-bond donors (Lipinski definition) is 1. The third kappa shape index (κ3) is 6.56. The maximum absolute atomic E-state index is 12.2. The molecule has 0 aliphatic carbocycles. The Hall–Kier alpha value is -1.49. The number of rotatable bonds is 8. The van der Waals surface area contributed by atoms with Gasteiger partial charge < -0.3 is 5.32 Å². The number of nitrogens with zero attached hydrogens (tertiary/aromatic N) is 1. The Kier molecular flexibility index (Phi) is 8.06. The van der Waals surface area contributed by atoms with Crippen LogP contribution in [0.4, 0.5) is 0 Å². The quantitative estimate of drug-likeness (QED) is 0.683. The number of piperidine rings is 1. The van der Waals surface area contributed by atoms with Gasteiger partial charge >= 0.3 is 0 Å². The molecule has 1 amide bonds. The fourth-order valence-corrected chi connectivity index (χ4v) is 4.50. The average Bonchev–Trinajstić information content (AvgIpc) is 2.70. The van der Waals surface area contributed by atoms with Gasteiger partial charge in [-0.3, -0.25) is 9.69 Å². The van der Waals surface area contributed by atoms with Crippen molar-refractivity contribution in [1.82, 2.24) is 10.2 Å². The first-order valence-electron chi connectivity index (χ1n) is 9.59. The van der Waals surface area contributed by atoms with Gasteiger partial charge in [-0.1, -0.05) is 60.5 Å². The summed E-state index contributed by atoms with van der Waals surface area (Å²) in [7, 11) is 0. The number of nitrogens with one attached hydrogen (secondary N) is 1. The van der Waals surface area contributed by atoms with Crippen LogP contribution < -0.4 is 5.32 Å². The van der Waals surface area contributed by atoms with Crippen LogP contribution in [0.2, 0.25) is 5.02 Å². The summed E-state index contributed by atoms with van der Waals surface area (Å²) in [5.41, 5.74) is 3.61. The number of carbonyl (C=O) groups excluding carboxylic acids is 1. The molecule has 3 nitrogen and oxygen atoms in total. The summed E-state index contributed by atoms with van der Waals surface area (Å²) in [6.07, 6.45) is 3.93. The van der Waals surface area contributed by atoms with Crippen LogP contribution in [0.5, 0.6) is 0 Å². The molecule has 2 aromatic rings. The van der Waals surface area contributed by atoms with E-state index in [1.165, 1.54) is 43.5 Å². The van der Waals surface area contributed by atoms with Gasteiger partial charge in [-0.25, -0.2) is 0 Å². The van der Waals surface area contributed by atoms with E-state index < -0.39 is 0 Å². The molecule has 0 bridgehead atoms. The number of amides is 1. The van der Waals surface area contributed by atoms with Gasteiger partial charge in [0.05, 0.1) is 5.75 Å². The van der Waals surface area contributed by atoms with Gasteiger partial charge in [0, 0.05) is 23.9 Å². The van der Waals surface area contributed by atoms with E-state index in [4.69, 9.17) is 11.6 Å². The standard InChI is InChI=1S/C22H27ClN2OS/c23-21-11-5-4-10-20(21)16-27-17-22(26)24-14-18-8-2-3-9-19(18)15-25-12-6-1-7-13-25/h2-5,8-11H,1,6-7,12-17H2,(H,24,26). The maximum Gasteiger partial charge on any atom is 0.230 e. The van der Waals surface area contributed by atoms with Crippen LogP contribution in [0, 0.1) is 0 Å². The van der Waals surface area contributed by atoms with E-state index >= 15 is 0 Å². The number of thioether (sulfide) groups is 1. The van der Waals surface area contributed by atoms with Gasteiger partial charge in [0.15, 0.2) is 0 Å². The highest BCUT2D eigenvalue weighted by Gasteiger charge is 2.13. The fraction of sp³-hybridized carbons (Fsp3) is 0.409. The van der Waals surface area contributed by atoms with E-state index in [1.54, 1.807) is 11.8 Å². The van der Waals surface area contributed by atoms with E-state index in [0.29, 0.717) is 12.3 Å². The Bertz CT molecular complexity index is 747. The molecule has 0 unspecified atom stereocenters. The van der Waals surface area contributed by atoms with E-state index in [9.17, 15) is 4.79 Å². The minimum absolute atomic E-state index is 0.0693. The normalized spacial score (nSPS) is 14.9. The zero-order valence-corrected chi connectivity index (χ0v) is 17.2. The molecule has 1 heterocycles. The van der Waals surface area contributed by atoms with Crippen LogP contribution in [-0.4, -0.2) is 29.6 Å². The monoisotopic (exact) mass is 402 g/mol. The highest BCUT2D eigenvalue weighted by molar-refractivity contribution is 7.99. The lowest BCUT2D eigenvalue weighted by Crippen LogP contribution is -2.30. The second kappa shape index (κ2) is 10.7. The Morgan fingerprint density at radius 3 is 2.37 bits per heavy atom. The first-order valence-corrected chi connectivity index (χ1v) is 11.1. The summed E-state index contributed by atoms with van der Waals surface area (Å²) in [6, 6.07) is 16.2. The summed E-state index contributed by atoms with van der Waals surface area (Å²) < 4.78 is 0. The largest absolute Gasteiger partial charge is 0.351 e. The molecule has 0 saturated carbocycles. The lowest BCUT2D eigenvalue weighted by Gasteiger charge is -2.27. The average molecular weight is 403 g/mol. The molecule has 27 heavy (non-hydrogen) atoms. The molecular weight excluding hydrogens is 376 g/mol. The predicted molar refractivity (Wildman–Crippen MR) is 115 cm³/mol. The van der Waals surface area contributed by atoms with Gasteiger partial charge in [0.1, 0.15) is 0 Å². The van der Waals surface area contributed by atoms with Crippen molar-refractivity contribution in [2.45, 2.75) is 38.1 Å². The van der Waals surface area contributed by atoms with Crippen molar-refractivity contribution in [3.05, 3.63) is 70.2 Å². The SMILES string of the molecule is O=C(CSCc1ccccc1Cl)NCc1ccccc1CN1CCCCC1. The topological polar surface area (TPSA) is 32.3 Å². The van der Waals surface area contributed by atoms with Gasteiger partial charge in [0.2, 0.25) is 5.91 Å². The fourth-order valence-electron chi connectivity index (χ4n) is 3.36. The van der Waals surface area contributed by atoms with Crippen molar-refractivity contribution in [3.63, 3.8) is 0 Å². The first kappa shape index (κ1) is 20.2. The number of hydrogen-bond acceptors (Lipinski definition) is 3. The third-order valence-corrected chi connectivity index (χ3v) is 6.24. The van der Waals surface area contributed by atoms with Crippen molar-refractivity contribution < 1.29 is 4.79 Å². The molecule has 1 aliphatic heterocycles. The highest BCUT2D eigenvalue weighted by Crippen LogP contribution is 2.20. The second-order valence-corrected chi connectivity index (χ2v) is 8.36. The van der Waals surface area contributed by atoms with Crippen LogP contribution in [0.15, 0.2) is 48.5 Å². The Morgan fingerprint density at radius 2 is 1.63 bits per heavy atom. The molecule has 5 heteroatoms. The summed E-state index contributed by atoms with van der Waals surface area (Å²) in [5, 5.41) is 3.83. The van der Waals surface area contributed by atoms with Crippen LogP contribution in [0.25, 0.3) is 0 Å². The van der Waals surface area contributed by atoms with Crippen LogP contribution >= 0.6 is 23.4 Å². The molecular formula is C22H27ClN2OS. The van der Waals surface area contributed by atoms with Crippen molar-refractivity contribution >= 4 is 29.3 Å². The molecule has 0 atom stereocenters. The molecule has 144 valence electrons. The van der Waals surface area contributed by atoms with Gasteiger partial charge in [-0.2, -0.15) is 0 Å². The zero-order chi connectivity index (χ0) is 18.9. The molecule has 1 N–H and O–H groups in total. The molecule has 0 aromatic heterocycles. The Balaban J connectivity index is 1.45. The minimum atomic E-state index is 0.0693. The highest BCUT2D eigenvalue weighted by atomic mass is 35.5. The van der Waals surface area contributed by atoms with Crippen LogP contribution in [0.1, 0.15) is 36.0 Å². The lowest BCUT2D eigenvalue weighted by molar-refractivity contribution is -0.118. The summed E-state index contributed by atoms with van der Waals surface area (Å²) in [5.74, 6) is 1.26. The smallest absolute Gasteiger partial charge is 0.230 e. The molecule has 1 saturated heterocycles. The van der Waals surface area contributed by atoms with Crippen molar-refractivity contribution in [1.29, 1.82) is 0 Å². The van der Waals surface area contributed by atoms with E-state index in [-0.39, 0.29) is 5.91 Å². The van der Waals surface area contributed by atoms with Gasteiger partial charge in [-0.15, -0.1) is 11.8 Å². The molecule has 0 radical (unpaired) electrons. The zero-order valence-electron chi connectivity index (χ0n) is 15.6. The number of carbonyl (C=O) groups is 1. The van der Waals surface area contributed by atoms with Crippen molar-refractivity contribution in [2.24, 2.45) is 0 Å². The molecule has 2 aromatic carbocycles. The summed E-state index contributed by atoms with van der Waals surface area (Å²) >= 11 is 7.75. The van der Waals surface area contributed by atoms with Crippen LogP contribution in [0.3, 0.4) is 0 Å². The second-order valence-electron chi connectivity index (χ2n) is 6.97.